The van der Waals surface area contributed by atoms with E-state index in [-0.39, 0.29) is 0 Å². The molecule has 0 aliphatic heterocycles. The third kappa shape index (κ3) is 2.94. The van der Waals surface area contributed by atoms with E-state index in [1.807, 2.05) is 31.2 Å². The maximum absolute atomic E-state index is 6.11. The van der Waals surface area contributed by atoms with Gasteiger partial charge in [0.05, 0.1) is 16.7 Å². The minimum atomic E-state index is 0.613. The van der Waals surface area contributed by atoms with E-state index in [1.54, 1.807) is 4.68 Å². The molecule has 6 heteroatoms. The van der Waals surface area contributed by atoms with Crippen LogP contribution in [0.1, 0.15) is 19.5 Å². The number of fused-ring (bicyclic) bond motifs is 1. The third-order valence-corrected chi connectivity index (χ3v) is 4.22. The van der Waals surface area contributed by atoms with Gasteiger partial charge in [-0.2, -0.15) is 9.78 Å². The highest BCUT2D eigenvalue weighted by Crippen LogP contribution is 2.21. The van der Waals surface area contributed by atoms with Gasteiger partial charge >= 0.3 is 0 Å². The van der Waals surface area contributed by atoms with E-state index < -0.39 is 0 Å². The fourth-order valence-electron chi connectivity index (χ4n) is 2.91. The zero-order valence-corrected chi connectivity index (χ0v) is 14.0. The molecular formula is C17H24N6. The Kier molecular flexibility index (Phi) is 4.34. The quantitative estimate of drug-likeness (QED) is 0.759. The van der Waals surface area contributed by atoms with Gasteiger partial charge in [-0.1, -0.05) is 26.0 Å². The molecule has 23 heavy (non-hydrogen) atoms. The molecule has 0 atom stereocenters. The second-order valence-electron chi connectivity index (χ2n) is 5.70. The number of nitrogen functional groups attached to an aromatic ring is 1. The van der Waals surface area contributed by atoms with Crippen molar-refractivity contribution in [1.29, 1.82) is 0 Å². The van der Waals surface area contributed by atoms with Gasteiger partial charge < -0.3 is 15.2 Å². The SMILES string of the molecule is CCN(CC)CCn1c(-n2nc(C)cc2N)nc2ccccc21. The van der Waals surface area contributed by atoms with Crippen molar-refractivity contribution in [2.45, 2.75) is 27.3 Å². The fourth-order valence-corrected chi connectivity index (χ4v) is 2.91. The highest BCUT2D eigenvalue weighted by Gasteiger charge is 2.15. The molecule has 2 N–H and O–H groups in total. The number of benzene rings is 1. The van der Waals surface area contributed by atoms with Gasteiger partial charge in [0.1, 0.15) is 5.82 Å². The average Bonchev–Trinajstić information content (AvgIpc) is 3.08. The Morgan fingerprint density at radius 1 is 1.17 bits per heavy atom. The van der Waals surface area contributed by atoms with Gasteiger partial charge in [0.2, 0.25) is 5.95 Å². The van der Waals surface area contributed by atoms with Crippen LogP contribution in [0.15, 0.2) is 30.3 Å². The predicted molar refractivity (Wildman–Crippen MR) is 93.8 cm³/mol. The Morgan fingerprint density at radius 3 is 2.57 bits per heavy atom. The number of likely N-dealkylation sites (N-methyl/N-ethyl adjacent to an activating group) is 1. The second-order valence-corrected chi connectivity index (χ2v) is 5.70. The number of rotatable bonds is 6. The van der Waals surface area contributed by atoms with E-state index in [0.29, 0.717) is 5.82 Å². The molecule has 1 aromatic carbocycles. The van der Waals surface area contributed by atoms with Gasteiger partial charge in [0.25, 0.3) is 0 Å². The van der Waals surface area contributed by atoms with Gasteiger partial charge in [-0.05, 0) is 32.1 Å². The Morgan fingerprint density at radius 2 is 1.91 bits per heavy atom. The van der Waals surface area contributed by atoms with Crippen LogP contribution in [0.5, 0.6) is 0 Å². The first-order chi connectivity index (χ1) is 11.1. The zero-order valence-electron chi connectivity index (χ0n) is 14.0. The molecule has 0 unspecified atom stereocenters. The number of para-hydroxylation sites is 2. The molecule has 0 radical (unpaired) electrons. The van der Waals surface area contributed by atoms with Crippen molar-refractivity contribution in [3.8, 4) is 5.95 Å². The molecule has 0 saturated heterocycles. The summed E-state index contributed by atoms with van der Waals surface area (Å²) in [4.78, 5) is 7.15. The number of aryl methyl sites for hydroxylation is 1. The molecule has 0 saturated carbocycles. The molecule has 2 heterocycles. The maximum atomic E-state index is 6.11. The van der Waals surface area contributed by atoms with Crippen LogP contribution in [0, 0.1) is 6.92 Å². The summed E-state index contributed by atoms with van der Waals surface area (Å²) < 4.78 is 3.94. The predicted octanol–water partition coefficient (Wildman–Crippen LogP) is 2.45. The second kappa shape index (κ2) is 6.42. The third-order valence-electron chi connectivity index (χ3n) is 4.22. The van der Waals surface area contributed by atoms with Crippen molar-refractivity contribution < 1.29 is 0 Å². The topological polar surface area (TPSA) is 64.9 Å². The molecule has 122 valence electrons. The van der Waals surface area contributed by atoms with Gasteiger partial charge in [0, 0.05) is 19.2 Å². The van der Waals surface area contributed by atoms with Crippen molar-refractivity contribution in [3.63, 3.8) is 0 Å². The van der Waals surface area contributed by atoms with Gasteiger partial charge in [-0.25, -0.2) is 4.98 Å². The van der Waals surface area contributed by atoms with E-state index in [9.17, 15) is 0 Å². The monoisotopic (exact) mass is 312 g/mol. The number of nitrogens with zero attached hydrogens (tertiary/aromatic N) is 5. The summed E-state index contributed by atoms with van der Waals surface area (Å²) in [5, 5.41) is 4.50. The van der Waals surface area contributed by atoms with Crippen LogP contribution in [-0.4, -0.2) is 43.9 Å². The Hall–Kier alpha value is -2.34. The van der Waals surface area contributed by atoms with Crippen LogP contribution in [0.2, 0.25) is 0 Å². The largest absolute Gasteiger partial charge is 0.383 e. The molecule has 3 rings (SSSR count). The standard InChI is InChI=1S/C17H24N6/c1-4-21(5-2)10-11-22-15-9-7-6-8-14(15)19-17(22)23-16(18)12-13(3)20-23/h6-9,12H,4-5,10-11,18H2,1-3H3. The lowest BCUT2D eigenvalue weighted by Gasteiger charge is -2.19. The first-order valence-electron chi connectivity index (χ1n) is 8.14. The molecule has 0 spiro atoms. The highest BCUT2D eigenvalue weighted by molar-refractivity contribution is 5.77. The summed E-state index contributed by atoms with van der Waals surface area (Å²) in [7, 11) is 0. The Labute approximate surface area is 136 Å². The van der Waals surface area contributed by atoms with Crippen LogP contribution in [0.4, 0.5) is 5.82 Å². The number of aromatic nitrogens is 4. The minimum absolute atomic E-state index is 0.613. The molecule has 3 aromatic rings. The summed E-state index contributed by atoms with van der Waals surface area (Å²) in [6.07, 6.45) is 0. The van der Waals surface area contributed by atoms with Crippen molar-refractivity contribution in [3.05, 3.63) is 36.0 Å². The fraction of sp³-hybridized carbons (Fsp3) is 0.412. The van der Waals surface area contributed by atoms with Crippen LogP contribution in [0.25, 0.3) is 17.0 Å². The lowest BCUT2D eigenvalue weighted by atomic mass is 10.3. The summed E-state index contributed by atoms with van der Waals surface area (Å²) in [6.45, 7) is 10.2. The minimum Gasteiger partial charge on any atom is -0.383 e. The highest BCUT2D eigenvalue weighted by atomic mass is 15.4. The Balaban J connectivity index is 2.06. The van der Waals surface area contributed by atoms with E-state index in [0.717, 1.165) is 48.9 Å². The molecule has 0 amide bonds. The molecule has 6 nitrogen and oxygen atoms in total. The van der Waals surface area contributed by atoms with Gasteiger partial charge in [-0.15, -0.1) is 0 Å². The van der Waals surface area contributed by atoms with Gasteiger partial charge in [0.15, 0.2) is 0 Å². The molecular weight excluding hydrogens is 288 g/mol. The zero-order chi connectivity index (χ0) is 16.4. The van der Waals surface area contributed by atoms with E-state index in [1.165, 1.54) is 0 Å². The van der Waals surface area contributed by atoms with Crippen LogP contribution in [0.3, 0.4) is 0 Å². The first kappa shape index (κ1) is 15.6. The smallest absolute Gasteiger partial charge is 0.233 e. The Bertz CT molecular complexity index is 797. The number of hydrogen-bond acceptors (Lipinski definition) is 4. The number of hydrogen-bond donors (Lipinski definition) is 1. The van der Waals surface area contributed by atoms with Crippen molar-refractivity contribution >= 4 is 16.9 Å². The lowest BCUT2D eigenvalue weighted by molar-refractivity contribution is 0.291. The normalized spacial score (nSPS) is 11.7. The lowest BCUT2D eigenvalue weighted by Crippen LogP contribution is -2.27. The molecule has 0 bridgehead atoms. The first-order valence-corrected chi connectivity index (χ1v) is 8.14. The van der Waals surface area contributed by atoms with Crippen molar-refractivity contribution in [1.82, 2.24) is 24.2 Å². The van der Waals surface area contributed by atoms with Crippen molar-refractivity contribution in [2.75, 3.05) is 25.4 Å². The van der Waals surface area contributed by atoms with Gasteiger partial charge in [-0.3, -0.25) is 0 Å². The summed E-state index contributed by atoms with van der Waals surface area (Å²) in [5.41, 5.74) is 9.08. The summed E-state index contributed by atoms with van der Waals surface area (Å²) in [5.74, 6) is 1.39. The number of nitrogens with two attached hydrogens (primary N) is 1. The van der Waals surface area contributed by atoms with Crippen LogP contribution in [-0.2, 0) is 6.54 Å². The summed E-state index contributed by atoms with van der Waals surface area (Å²) in [6, 6.07) is 10.0. The number of imidazole rings is 1. The van der Waals surface area contributed by atoms with Crippen molar-refractivity contribution in [2.24, 2.45) is 0 Å². The molecule has 0 aliphatic carbocycles. The molecule has 2 aromatic heterocycles. The van der Waals surface area contributed by atoms with E-state index in [2.05, 4.69) is 34.5 Å². The van der Waals surface area contributed by atoms with E-state index in [4.69, 9.17) is 10.7 Å². The summed E-state index contributed by atoms with van der Waals surface area (Å²) >= 11 is 0. The maximum Gasteiger partial charge on any atom is 0.233 e. The van der Waals surface area contributed by atoms with Crippen LogP contribution >= 0.6 is 0 Å². The van der Waals surface area contributed by atoms with Crippen LogP contribution < -0.4 is 5.73 Å². The molecule has 0 fully saturated rings. The van der Waals surface area contributed by atoms with E-state index >= 15 is 0 Å². The average molecular weight is 312 g/mol. The number of anilines is 1. The molecule has 0 aliphatic rings.